The minimum atomic E-state index is -0.744. The summed E-state index contributed by atoms with van der Waals surface area (Å²) in [6, 6.07) is 10.6. The number of nitro groups is 1. The lowest BCUT2D eigenvalue weighted by atomic mass is 9.78. The Bertz CT molecular complexity index is 1350. The van der Waals surface area contributed by atoms with Gasteiger partial charge in [-0.05, 0) is 49.6 Å². The van der Waals surface area contributed by atoms with Gasteiger partial charge in [-0.1, -0.05) is 25.1 Å². The van der Waals surface area contributed by atoms with E-state index in [4.69, 9.17) is 4.74 Å². The van der Waals surface area contributed by atoms with Crippen LogP contribution in [0.1, 0.15) is 25.3 Å². The van der Waals surface area contributed by atoms with Gasteiger partial charge in [-0.2, -0.15) is 0 Å². The number of imide groups is 1. The number of carbonyl (C=O) groups is 4. The number of esters is 1. The fourth-order valence-electron chi connectivity index (χ4n) is 5.34. The van der Waals surface area contributed by atoms with Gasteiger partial charge in [-0.3, -0.25) is 34.2 Å². The van der Waals surface area contributed by atoms with Crippen molar-refractivity contribution in [3.8, 4) is 5.75 Å². The van der Waals surface area contributed by atoms with Crippen LogP contribution >= 0.6 is 0 Å². The average Bonchev–Trinajstić information content (AvgIpc) is 3.38. The van der Waals surface area contributed by atoms with Crippen LogP contribution in [-0.4, -0.2) is 35.2 Å². The quantitative estimate of drug-likeness (QED) is 0.152. The van der Waals surface area contributed by atoms with Crippen LogP contribution in [0.15, 0.2) is 54.6 Å². The highest BCUT2D eigenvalue weighted by Crippen LogP contribution is 2.40. The second kappa shape index (κ2) is 9.27. The molecule has 1 aliphatic carbocycles. The summed E-state index contributed by atoms with van der Waals surface area (Å²) in [5.41, 5.74) is 1.14. The third-order valence-electron chi connectivity index (χ3n) is 7.35. The van der Waals surface area contributed by atoms with Gasteiger partial charge in [-0.15, -0.1) is 0 Å². The van der Waals surface area contributed by atoms with Crippen molar-refractivity contribution in [3.63, 3.8) is 0 Å². The van der Waals surface area contributed by atoms with E-state index in [0.29, 0.717) is 23.4 Å². The summed E-state index contributed by atoms with van der Waals surface area (Å²) in [7, 11) is 0. The lowest BCUT2D eigenvalue weighted by molar-refractivity contribution is -0.385. The number of hydrogen-bond acceptors (Lipinski definition) is 7. The number of nitrogens with zero attached hydrogens (tertiary/aromatic N) is 3. The molecule has 5 rings (SSSR count). The van der Waals surface area contributed by atoms with Crippen molar-refractivity contribution in [1.29, 1.82) is 0 Å². The Kier molecular flexibility index (Phi) is 6.10. The lowest BCUT2D eigenvalue weighted by Gasteiger charge is -2.22. The number of aryl methyl sites for hydroxylation is 1. The highest BCUT2D eigenvalue weighted by molar-refractivity contribution is 6.22. The second-order valence-corrected chi connectivity index (χ2v) is 9.72. The minimum absolute atomic E-state index is 0.0137. The van der Waals surface area contributed by atoms with E-state index in [1.165, 1.54) is 28.0 Å². The molecule has 190 valence electrons. The number of nitro benzene ring substituents is 1. The Hall–Kier alpha value is -4.34. The number of allylic oxidation sites excluding steroid dienone is 2. The normalized spacial score (nSPS) is 25.0. The van der Waals surface area contributed by atoms with E-state index in [2.05, 4.69) is 0 Å². The van der Waals surface area contributed by atoms with Crippen molar-refractivity contribution in [2.75, 3.05) is 16.3 Å². The van der Waals surface area contributed by atoms with Crippen molar-refractivity contribution in [2.45, 2.75) is 26.7 Å². The summed E-state index contributed by atoms with van der Waals surface area (Å²) in [4.78, 5) is 64.5. The summed E-state index contributed by atoms with van der Waals surface area (Å²) in [6.45, 7) is 3.58. The zero-order valence-corrected chi connectivity index (χ0v) is 20.3. The minimum Gasteiger partial charge on any atom is -0.426 e. The number of ether oxygens (including phenoxy) is 1. The van der Waals surface area contributed by atoms with E-state index in [9.17, 15) is 29.3 Å². The summed E-state index contributed by atoms with van der Waals surface area (Å²) in [5.74, 6) is -2.65. The zero-order valence-electron chi connectivity index (χ0n) is 20.3. The third kappa shape index (κ3) is 4.28. The predicted octanol–water partition coefficient (Wildman–Crippen LogP) is 3.56. The summed E-state index contributed by atoms with van der Waals surface area (Å²) in [5, 5.41) is 11.3. The van der Waals surface area contributed by atoms with Gasteiger partial charge >= 0.3 is 5.97 Å². The maximum Gasteiger partial charge on any atom is 0.316 e. The molecule has 10 nitrogen and oxygen atoms in total. The molecule has 10 heteroatoms. The summed E-state index contributed by atoms with van der Waals surface area (Å²) in [6.07, 6.45) is 4.37. The molecule has 0 spiro atoms. The third-order valence-corrected chi connectivity index (χ3v) is 7.35. The van der Waals surface area contributed by atoms with Gasteiger partial charge in [0.25, 0.3) is 5.69 Å². The molecule has 2 saturated heterocycles. The van der Waals surface area contributed by atoms with Gasteiger partial charge in [-0.25, -0.2) is 0 Å². The molecule has 2 fully saturated rings. The van der Waals surface area contributed by atoms with E-state index in [0.717, 1.165) is 0 Å². The van der Waals surface area contributed by atoms with Crippen LogP contribution in [0.4, 0.5) is 17.1 Å². The van der Waals surface area contributed by atoms with Crippen molar-refractivity contribution < 1.29 is 28.8 Å². The molecular weight excluding hydrogens is 478 g/mol. The van der Waals surface area contributed by atoms with E-state index < -0.39 is 16.8 Å². The van der Waals surface area contributed by atoms with Gasteiger partial charge in [0.1, 0.15) is 5.75 Å². The van der Waals surface area contributed by atoms with Gasteiger partial charge < -0.3 is 9.64 Å². The number of anilines is 2. The molecule has 0 radical (unpaired) electrons. The van der Waals surface area contributed by atoms with Crippen LogP contribution < -0.4 is 14.5 Å². The Morgan fingerprint density at radius 3 is 2.43 bits per heavy atom. The molecule has 3 amide bonds. The topological polar surface area (TPSA) is 127 Å². The van der Waals surface area contributed by atoms with E-state index in [1.54, 1.807) is 31.2 Å². The van der Waals surface area contributed by atoms with Crippen molar-refractivity contribution in [2.24, 2.45) is 23.7 Å². The Labute approximate surface area is 212 Å². The highest BCUT2D eigenvalue weighted by Gasteiger charge is 2.50. The molecule has 0 saturated carbocycles. The van der Waals surface area contributed by atoms with Gasteiger partial charge in [0.2, 0.25) is 17.7 Å². The van der Waals surface area contributed by atoms with Gasteiger partial charge in [0.15, 0.2) is 0 Å². The number of fused-ring (bicyclic) bond motifs is 1. The molecule has 0 aromatic heterocycles. The van der Waals surface area contributed by atoms with Crippen LogP contribution in [0, 0.1) is 40.7 Å². The number of amides is 3. The van der Waals surface area contributed by atoms with Crippen LogP contribution in [0.5, 0.6) is 5.75 Å². The molecule has 2 aromatic carbocycles. The maximum absolute atomic E-state index is 13.0. The number of rotatable bonds is 5. The molecule has 2 heterocycles. The first kappa shape index (κ1) is 24.4. The molecule has 37 heavy (non-hydrogen) atoms. The monoisotopic (exact) mass is 503 g/mol. The highest BCUT2D eigenvalue weighted by atomic mass is 16.6. The van der Waals surface area contributed by atoms with Crippen LogP contribution in [0.25, 0.3) is 0 Å². The molecule has 2 aromatic rings. The summed E-state index contributed by atoms with van der Waals surface area (Å²) < 4.78 is 5.47. The Morgan fingerprint density at radius 2 is 1.76 bits per heavy atom. The van der Waals surface area contributed by atoms with Crippen molar-refractivity contribution in [3.05, 3.63) is 70.3 Å². The number of carbonyl (C=O) groups excluding carboxylic acids is 4. The van der Waals surface area contributed by atoms with Crippen molar-refractivity contribution in [1.82, 2.24) is 0 Å². The SMILES string of the molecule is Cc1ccc(N2C[C@H](C(=O)Oc3ccc(N4C(=O)[C@H]5[C@@H](C)C=CC[C@H]5C4=O)cc3)CC2=O)cc1[N+](=O)[O-]. The van der Waals surface area contributed by atoms with Gasteiger partial charge in [0, 0.05) is 24.6 Å². The standard InChI is InChI=1S/C27H25N3O7/c1-15-6-7-19(13-22(15)30(35)36)28-14-17(12-23(28)31)27(34)37-20-10-8-18(9-11-20)29-25(32)21-5-3-4-16(2)24(21)26(29)33/h3-4,6-11,13,16-17,21,24H,5,12,14H2,1-2H3/t16-,17+,21+,24-/m0/s1. The smallest absolute Gasteiger partial charge is 0.316 e. The Balaban J connectivity index is 1.25. The van der Waals surface area contributed by atoms with Crippen LogP contribution in [-0.2, 0) is 19.2 Å². The molecule has 0 bridgehead atoms. The molecular formula is C27H25N3O7. The number of hydrogen-bond donors (Lipinski definition) is 0. The Morgan fingerprint density at radius 1 is 1.05 bits per heavy atom. The van der Waals surface area contributed by atoms with E-state index in [-0.39, 0.29) is 59.9 Å². The maximum atomic E-state index is 13.0. The fraction of sp³-hybridized carbons (Fsp3) is 0.333. The van der Waals surface area contributed by atoms with Crippen LogP contribution in [0.2, 0.25) is 0 Å². The summed E-state index contributed by atoms with van der Waals surface area (Å²) >= 11 is 0. The first-order chi connectivity index (χ1) is 17.7. The lowest BCUT2D eigenvalue weighted by Crippen LogP contribution is -2.31. The zero-order chi connectivity index (χ0) is 26.4. The number of benzene rings is 2. The second-order valence-electron chi connectivity index (χ2n) is 9.72. The first-order valence-electron chi connectivity index (χ1n) is 12.1. The molecule has 4 atom stereocenters. The fourth-order valence-corrected chi connectivity index (χ4v) is 5.34. The molecule has 2 aliphatic heterocycles. The van der Waals surface area contributed by atoms with E-state index >= 15 is 0 Å². The molecule has 3 aliphatic rings. The van der Waals surface area contributed by atoms with Crippen LogP contribution in [0.3, 0.4) is 0 Å². The molecule has 0 N–H and O–H groups in total. The van der Waals surface area contributed by atoms with Crippen molar-refractivity contribution >= 4 is 40.8 Å². The van der Waals surface area contributed by atoms with Gasteiger partial charge in [0.05, 0.1) is 34.1 Å². The average molecular weight is 504 g/mol. The predicted molar refractivity (Wildman–Crippen MR) is 133 cm³/mol. The molecule has 0 unspecified atom stereocenters. The van der Waals surface area contributed by atoms with E-state index in [1.807, 2.05) is 19.1 Å². The largest absolute Gasteiger partial charge is 0.426 e. The first-order valence-corrected chi connectivity index (χ1v) is 12.1.